The highest BCUT2D eigenvalue weighted by molar-refractivity contribution is 7.13. The summed E-state index contributed by atoms with van der Waals surface area (Å²) in [6.07, 6.45) is 0. The molecule has 1 aliphatic rings. The fourth-order valence-electron chi connectivity index (χ4n) is 3.39. The van der Waals surface area contributed by atoms with Crippen LogP contribution in [0.25, 0.3) is 11.0 Å². The van der Waals surface area contributed by atoms with E-state index in [1.807, 2.05) is 0 Å². The highest BCUT2D eigenvalue weighted by Crippen LogP contribution is 2.41. The first-order chi connectivity index (χ1) is 13.5. The maximum Gasteiger partial charge on any atom is 0.297 e. The third-order valence-electron chi connectivity index (χ3n) is 4.60. The molecular formula is C19H10FN3O4S. The van der Waals surface area contributed by atoms with E-state index in [0.29, 0.717) is 10.7 Å². The molecule has 9 heteroatoms. The molecule has 28 heavy (non-hydrogen) atoms. The van der Waals surface area contributed by atoms with Gasteiger partial charge in [0.05, 0.1) is 17.0 Å². The van der Waals surface area contributed by atoms with Gasteiger partial charge in [0.2, 0.25) is 10.9 Å². The number of rotatable bonds is 2. The van der Waals surface area contributed by atoms with Crippen LogP contribution in [-0.4, -0.2) is 21.2 Å². The van der Waals surface area contributed by atoms with Gasteiger partial charge in [-0.15, -0.1) is 10.2 Å². The van der Waals surface area contributed by atoms with Gasteiger partial charge in [0.25, 0.3) is 5.91 Å². The summed E-state index contributed by atoms with van der Waals surface area (Å²) in [4.78, 5) is 27.6. The lowest BCUT2D eigenvalue weighted by Crippen LogP contribution is -2.29. The molecule has 1 amide bonds. The Hall–Kier alpha value is -3.59. The van der Waals surface area contributed by atoms with Crippen LogP contribution in [0, 0.1) is 5.82 Å². The van der Waals surface area contributed by atoms with Crippen LogP contribution in [0.3, 0.4) is 0 Å². The molecule has 2 aromatic heterocycles. The minimum Gasteiger partial charge on any atom is -0.508 e. The number of carbonyl (C=O) groups is 1. The molecule has 0 aliphatic carbocycles. The van der Waals surface area contributed by atoms with Crippen molar-refractivity contribution in [2.24, 2.45) is 0 Å². The van der Waals surface area contributed by atoms with Gasteiger partial charge in [-0.1, -0.05) is 23.5 Å². The molecule has 138 valence electrons. The van der Waals surface area contributed by atoms with Gasteiger partial charge in [0.15, 0.2) is 5.43 Å². The lowest BCUT2D eigenvalue weighted by Gasteiger charge is -2.22. The Balaban J connectivity index is 1.83. The fourth-order valence-corrected chi connectivity index (χ4v) is 3.97. The second-order valence-corrected chi connectivity index (χ2v) is 7.02. The van der Waals surface area contributed by atoms with E-state index in [9.17, 15) is 19.1 Å². The predicted octanol–water partition coefficient (Wildman–Crippen LogP) is 3.24. The highest BCUT2D eigenvalue weighted by atomic mass is 32.1. The zero-order chi connectivity index (χ0) is 19.4. The number of phenolic OH excluding ortho intramolecular Hbond substituents is 1. The first kappa shape index (κ1) is 16.6. The summed E-state index contributed by atoms with van der Waals surface area (Å²) in [5.41, 5.74) is 1.78. The number of aromatic hydroxyl groups is 1. The molecule has 1 N–H and O–H groups in total. The summed E-state index contributed by atoms with van der Waals surface area (Å²) in [6.45, 7) is 0. The molecule has 3 heterocycles. The van der Waals surface area contributed by atoms with E-state index < -0.39 is 23.2 Å². The molecule has 4 aromatic rings. The predicted molar refractivity (Wildman–Crippen MR) is 99.1 cm³/mol. The second kappa shape index (κ2) is 5.96. The molecular weight excluding hydrogens is 385 g/mol. The SMILES string of the molecule is O=C1c2oc3ccc(F)cc3c(=O)c2C(c2ccc(O)cc2)N1c1nncs1. The Morgan fingerprint density at radius 3 is 2.64 bits per heavy atom. The van der Waals surface area contributed by atoms with E-state index in [2.05, 4.69) is 10.2 Å². The van der Waals surface area contributed by atoms with E-state index in [-0.39, 0.29) is 28.0 Å². The first-order valence-corrected chi connectivity index (χ1v) is 9.07. The van der Waals surface area contributed by atoms with Crippen molar-refractivity contribution in [2.75, 3.05) is 4.90 Å². The number of phenols is 1. The number of hydrogen-bond donors (Lipinski definition) is 1. The maximum atomic E-state index is 13.7. The number of hydrogen-bond acceptors (Lipinski definition) is 7. The molecule has 0 bridgehead atoms. The topological polar surface area (TPSA) is 96.5 Å². The molecule has 1 unspecified atom stereocenters. The number of amides is 1. The Morgan fingerprint density at radius 1 is 1.14 bits per heavy atom. The number of halogens is 1. The highest BCUT2D eigenvalue weighted by Gasteiger charge is 2.44. The normalized spacial score (nSPS) is 16.0. The van der Waals surface area contributed by atoms with E-state index in [1.54, 1.807) is 12.1 Å². The van der Waals surface area contributed by atoms with Crippen molar-refractivity contribution in [3.63, 3.8) is 0 Å². The largest absolute Gasteiger partial charge is 0.508 e. The van der Waals surface area contributed by atoms with Crippen molar-refractivity contribution in [2.45, 2.75) is 6.04 Å². The van der Waals surface area contributed by atoms with Crippen LogP contribution in [0.2, 0.25) is 0 Å². The summed E-state index contributed by atoms with van der Waals surface area (Å²) < 4.78 is 19.4. The van der Waals surface area contributed by atoms with Crippen molar-refractivity contribution < 1.29 is 18.7 Å². The molecule has 5 rings (SSSR count). The zero-order valence-corrected chi connectivity index (χ0v) is 14.8. The van der Waals surface area contributed by atoms with Gasteiger partial charge in [-0.2, -0.15) is 0 Å². The first-order valence-electron chi connectivity index (χ1n) is 8.19. The number of anilines is 1. The van der Waals surface area contributed by atoms with Crippen molar-refractivity contribution in [3.8, 4) is 5.75 Å². The van der Waals surface area contributed by atoms with Crippen LogP contribution in [0.4, 0.5) is 9.52 Å². The number of aromatic nitrogens is 2. The molecule has 1 atom stereocenters. The fraction of sp³-hybridized carbons (Fsp3) is 0.0526. The molecule has 0 radical (unpaired) electrons. The molecule has 2 aromatic carbocycles. The molecule has 0 saturated heterocycles. The van der Waals surface area contributed by atoms with Gasteiger partial charge >= 0.3 is 0 Å². The minimum absolute atomic E-state index is 0.0448. The standard InChI is InChI=1S/C19H10FN3O4S/c20-10-3-6-13-12(7-10)16(25)14-15(9-1-4-11(24)5-2-9)23(18(26)17(14)27-13)19-22-21-8-28-19/h1-8,15,24H. The van der Waals surface area contributed by atoms with E-state index >= 15 is 0 Å². The van der Waals surface area contributed by atoms with Gasteiger partial charge in [-0.05, 0) is 35.9 Å². The lowest BCUT2D eigenvalue weighted by molar-refractivity contribution is 0.0970. The third-order valence-corrected chi connectivity index (χ3v) is 5.28. The van der Waals surface area contributed by atoms with Crippen molar-refractivity contribution >= 4 is 33.3 Å². The summed E-state index contributed by atoms with van der Waals surface area (Å²) >= 11 is 1.14. The molecule has 0 spiro atoms. The van der Waals surface area contributed by atoms with Crippen LogP contribution in [0.5, 0.6) is 5.75 Å². The number of carbonyl (C=O) groups excluding carboxylic acids is 1. The number of nitrogens with zero attached hydrogens (tertiary/aromatic N) is 3. The van der Waals surface area contributed by atoms with Crippen LogP contribution in [0.15, 0.2) is 57.2 Å². The Morgan fingerprint density at radius 2 is 1.93 bits per heavy atom. The zero-order valence-electron chi connectivity index (χ0n) is 14.0. The molecule has 0 saturated carbocycles. The van der Waals surface area contributed by atoms with Crippen LogP contribution < -0.4 is 10.3 Å². The van der Waals surface area contributed by atoms with Gasteiger partial charge in [-0.3, -0.25) is 14.5 Å². The Bertz CT molecular complexity index is 1290. The number of fused-ring (bicyclic) bond motifs is 2. The summed E-state index contributed by atoms with van der Waals surface area (Å²) in [6, 6.07) is 8.86. The van der Waals surface area contributed by atoms with E-state index in [4.69, 9.17) is 4.42 Å². The van der Waals surface area contributed by atoms with E-state index in [0.717, 1.165) is 23.5 Å². The van der Waals surface area contributed by atoms with Crippen LogP contribution >= 0.6 is 11.3 Å². The lowest BCUT2D eigenvalue weighted by atomic mass is 9.98. The summed E-state index contributed by atoms with van der Waals surface area (Å²) in [7, 11) is 0. The summed E-state index contributed by atoms with van der Waals surface area (Å²) in [5.74, 6) is -1.18. The van der Waals surface area contributed by atoms with Crippen LogP contribution in [-0.2, 0) is 0 Å². The quantitative estimate of drug-likeness (QED) is 0.560. The Labute approximate surface area is 160 Å². The van der Waals surface area contributed by atoms with Gasteiger partial charge in [0.1, 0.15) is 22.7 Å². The van der Waals surface area contributed by atoms with E-state index in [1.165, 1.54) is 28.6 Å². The van der Waals surface area contributed by atoms with Gasteiger partial charge < -0.3 is 9.52 Å². The molecule has 0 fully saturated rings. The monoisotopic (exact) mass is 395 g/mol. The van der Waals surface area contributed by atoms with Crippen molar-refractivity contribution in [1.82, 2.24) is 10.2 Å². The summed E-state index contributed by atoms with van der Waals surface area (Å²) in [5, 5.41) is 17.7. The maximum absolute atomic E-state index is 13.7. The average Bonchev–Trinajstić information content (AvgIpc) is 3.30. The van der Waals surface area contributed by atoms with Gasteiger partial charge in [-0.25, -0.2) is 4.39 Å². The number of benzene rings is 2. The molecule has 7 nitrogen and oxygen atoms in total. The van der Waals surface area contributed by atoms with Crippen molar-refractivity contribution in [1.29, 1.82) is 0 Å². The average molecular weight is 395 g/mol. The van der Waals surface area contributed by atoms with Gasteiger partial charge in [0, 0.05) is 0 Å². The second-order valence-electron chi connectivity index (χ2n) is 6.20. The minimum atomic E-state index is -0.833. The Kier molecular flexibility index (Phi) is 3.53. The van der Waals surface area contributed by atoms with Crippen LogP contribution in [0.1, 0.15) is 27.7 Å². The smallest absolute Gasteiger partial charge is 0.297 e. The third kappa shape index (κ3) is 2.33. The van der Waals surface area contributed by atoms with Crippen molar-refractivity contribution in [3.05, 3.63) is 80.9 Å². The molecule has 1 aliphatic heterocycles.